The van der Waals surface area contributed by atoms with Crippen molar-refractivity contribution in [2.75, 3.05) is 74.2 Å². The van der Waals surface area contributed by atoms with Gasteiger partial charge >= 0.3 is 17.9 Å². The van der Waals surface area contributed by atoms with Gasteiger partial charge in [-0.15, -0.1) is 0 Å². The fraction of sp³-hybridized carbons (Fsp3) is 0.840. The van der Waals surface area contributed by atoms with E-state index in [9.17, 15) is 112 Å². The first-order chi connectivity index (χ1) is 57.0. The lowest BCUT2D eigenvalue weighted by molar-refractivity contribution is -0.398. The van der Waals surface area contributed by atoms with Crippen LogP contribution in [0.5, 0.6) is 17.2 Å². The molecule has 686 valence electrons. The second-order valence-electron chi connectivity index (χ2n) is 36.7. The molecular weight excluding hydrogens is 1610 g/mol. The molecule has 0 aromatic heterocycles. The monoisotopic (exact) mass is 1730 g/mol. The Balaban J connectivity index is 0.881. The third-order valence-electron chi connectivity index (χ3n) is 29.4. The number of aliphatic hydroxyl groups is 19. The SMILES string of the molecule is COc1cc(/C=C/C(=O)O[C@@H]2[C@H](O[C@@H]3O[C@H](CO)[C@H](O)[C@H](O)[C@H]3O)[C@@H](O[C@@H]3O[C@@H](C)[C@H](O[C@@H]4OC[C@@H](O)[C@H](O[C@@H]5OC[C@](O)(CO)[C@H]5O)[C@H]4O)[C@@H](O[C@@H]4OC[C@](O)(CO)[C@H]4O)[C@H]3O)[C@H](OC(=O)[C@]34CCC(C)(C)C[C@H]3C3=CC[C@@H]5[C@@]6(C)C[C@H](O)[C@H]([C@@H]7O[C@H](CO)[C@@H](O)[C@H](O)[C@H]7O)[C@@](C)(C(=O)O)[C@@H]6CC[C@@]5(C)[C@]3(CO)CC4)O[C@@H]2C)cc(OC)c1OC. The van der Waals surface area contributed by atoms with Gasteiger partial charge in [0.25, 0.3) is 0 Å². The zero-order valence-corrected chi connectivity index (χ0v) is 69.1. The third kappa shape index (κ3) is 16.2. The highest BCUT2D eigenvalue weighted by molar-refractivity contribution is 5.87. The van der Waals surface area contributed by atoms with Gasteiger partial charge in [-0.25, -0.2) is 4.79 Å². The van der Waals surface area contributed by atoms with Crippen molar-refractivity contribution < 1.29 is 197 Å². The summed E-state index contributed by atoms with van der Waals surface area (Å²) in [6, 6.07) is 3.02. The quantitative estimate of drug-likeness (QED) is 0.0248. The van der Waals surface area contributed by atoms with Crippen molar-refractivity contribution in [3.05, 3.63) is 35.4 Å². The van der Waals surface area contributed by atoms with Crippen molar-refractivity contribution >= 4 is 24.0 Å². The number of carboxylic acids is 1. The Morgan fingerprint density at radius 1 is 0.521 bits per heavy atom. The number of hydrogen-bond donors (Lipinski definition) is 20. The molecule has 40 atom stereocenters. The molecule has 40 heteroatoms. The number of allylic oxidation sites excluding steroid dienone is 1. The number of fused-ring (bicyclic) bond motifs is 7. The van der Waals surface area contributed by atoms with Gasteiger partial charge in [-0.2, -0.15) is 0 Å². The summed E-state index contributed by atoms with van der Waals surface area (Å²) >= 11 is 0. The van der Waals surface area contributed by atoms with Gasteiger partial charge in [-0.05, 0) is 136 Å². The summed E-state index contributed by atoms with van der Waals surface area (Å²) in [5.74, 6) is -6.16. The van der Waals surface area contributed by atoms with Gasteiger partial charge in [-0.1, -0.05) is 39.3 Å². The molecule has 7 heterocycles. The molecule has 40 nitrogen and oxygen atoms in total. The van der Waals surface area contributed by atoms with Crippen LogP contribution in [0.2, 0.25) is 0 Å². The van der Waals surface area contributed by atoms with Crippen LogP contribution in [-0.4, -0.2) is 384 Å². The highest BCUT2D eigenvalue weighted by Gasteiger charge is 2.75. The fourth-order valence-corrected chi connectivity index (χ4v) is 22.4. The van der Waals surface area contributed by atoms with Gasteiger partial charge in [0.1, 0.15) is 115 Å². The molecule has 7 aliphatic heterocycles. The van der Waals surface area contributed by atoms with Gasteiger partial charge in [0.2, 0.25) is 12.0 Å². The van der Waals surface area contributed by atoms with E-state index in [1.165, 1.54) is 60.3 Å². The van der Waals surface area contributed by atoms with Crippen LogP contribution in [0.1, 0.15) is 112 Å². The molecule has 20 N–H and O–H groups in total. The Hall–Kier alpha value is -4.73. The molecule has 0 unspecified atom stereocenters. The van der Waals surface area contributed by atoms with E-state index < -0.39 is 316 Å². The maximum absolute atomic E-state index is 16.7. The maximum Gasteiger partial charge on any atom is 0.331 e. The van der Waals surface area contributed by atoms with Crippen LogP contribution in [0.25, 0.3) is 6.08 Å². The Bertz CT molecular complexity index is 3830. The van der Waals surface area contributed by atoms with Crippen LogP contribution < -0.4 is 14.2 Å². The number of aliphatic carboxylic acids is 1. The van der Waals surface area contributed by atoms with E-state index in [-0.39, 0.29) is 55.8 Å². The average molecular weight is 1740 g/mol. The predicted molar refractivity (Wildman–Crippen MR) is 402 cm³/mol. The molecule has 1 aromatic carbocycles. The molecule has 1 aromatic rings. The van der Waals surface area contributed by atoms with E-state index in [1.54, 1.807) is 0 Å². The second-order valence-corrected chi connectivity index (χ2v) is 36.7. The molecule has 121 heavy (non-hydrogen) atoms. The summed E-state index contributed by atoms with van der Waals surface area (Å²) < 4.78 is 104. The average Bonchev–Trinajstić information content (AvgIpc) is 0.882. The number of methoxy groups -OCH3 is 3. The van der Waals surface area contributed by atoms with Gasteiger partial charge in [0.05, 0.1) is 109 Å². The van der Waals surface area contributed by atoms with Gasteiger partial charge in [-0.3, -0.25) is 9.59 Å². The minimum Gasteiger partial charge on any atom is -0.493 e. The molecule has 7 saturated heterocycles. The molecule has 13 rings (SSSR count). The predicted octanol–water partition coefficient (Wildman–Crippen LogP) is -5.02. The van der Waals surface area contributed by atoms with Crippen molar-refractivity contribution in [1.29, 1.82) is 0 Å². The highest BCUT2D eigenvalue weighted by Crippen LogP contribution is 2.77. The summed E-state index contributed by atoms with van der Waals surface area (Å²) in [7, 11) is 4.12. The van der Waals surface area contributed by atoms with Crippen molar-refractivity contribution in [2.45, 2.75) is 296 Å². The van der Waals surface area contributed by atoms with Crippen molar-refractivity contribution in [3.8, 4) is 17.2 Å². The number of rotatable bonds is 25. The topological polar surface area (TPSA) is 613 Å². The van der Waals surface area contributed by atoms with Crippen LogP contribution >= 0.6 is 0 Å². The van der Waals surface area contributed by atoms with E-state index in [1.807, 2.05) is 33.8 Å². The van der Waals surface area contributed by atoms with E-state index in [0.29, 0.717) is 24.8 Å². The number of ether oxygens (including phenoxy) is 17. The lowest BCUT2D eigenvalue weighted by atomic mass is 9.32. The minimum atomic E-state index is -2.38. The Morgan fingerprint density at radius 2 is 1.07 bits per heavy atom. The minimum absolute atomic E-state index is 0.0101. The van der Waals surface area contributed by atoms with Crippen LogP contribution in [-0.2, 0) is 80.7 Å². The zero-order valence-electron chi connectivity index (χ0n) is 69.1. The first-order valence-corrected chi connectivity index (χ1v) is 41.3. The Morgan fingerprint density at radius 3 is 1.64 bits per heavy atom. The molecular formula is C81H122O40. The van der Waals surface area contributed by atoms with Crippen LogP contribution in [0.15, 0.2) is 29.9 Å². The van der Waals surface area contributed by atoms with Crippen LogP contribution in [0, 0.1) is 56.2 Å². The zero-order chi connectivity index (χ0) is 88.2. The lowest BCUT2D eigenvalue weighted by Crippen LogP contribution is -2.72. The van der Waals surface area contributed by atoms with Gasteiger partial charge in [0, 0.05) is 17.4 Å². The van der Waals surface area contributed by atoms with E-state index in [2.05, 4.69) is 0 Å². The summed E-state index contributed by atoms with van der Waals surface area (Å²) in [5.41, 5.74) is -10.6. The summed E-state index contributed by atoms with van der Waals surface area (Å²) in [5, 5.41) is 226. The van der Waals surface area contributed by atoms with E-state index >= 15 is 4.79 Å². The van der Waals surface area contributed by atoms with Crippen molar-refractivity contribution in [2.24, 2.45) is 56.2 Å². The van der Waals surface area contributed by atoms with Crippen LogP contribution in [0.3, 0.4) is 0 Å². The molecule has 0 bridgehead atoms. The lowest BCUT2D eigenvalue weighted by Gasteiger charge is -2.72. The summed E-state index contributed by atoms with van der Waals surface area (Å²) in [4.78, 5) is 45.7. The smallest absolute Gasteiger partial charge is 0.331 e. The molecule has 4 saturated carbocycles. The number of aliphatic hydroxyl groups excluding tert-OH is 17. The first-order valence-electron chi connectivity index (χ1n) is 41.3. The highest BCUT2D eigenvalue weighted by atomic mass is 16.8. The Kier molecular flexibility index (Phi) is 27.7. The summed E-state index contributed by atoms with van der Waals surface area (Å²) in [6.45, 7) is 5.88. The number of benzene rings is 1. The van der Waals surface area contributed by atoms with E-state index in [4.69, 9.17) is 80.5 Å². The van der Waals surface area contributed by atoms with Gasteiger partial charge in [0.15, 0.2) is 55.2 Å². The van der Waals surface area contributed by atoms with Crippen LogP contribution in [0.4, 0.5) is 0 Å². The largest absolute Gasteiger partial charge is 0.493 e. The number of carbonyl (C=O) groups is 3. The standard InChI is InChI=1S/C81H122O40/c1-33-56(116-66-54(96)58(39(88)27-108-66)117-70-64(98)80(103,29-85)31-109-70)61(118-71-65(99)81(104,30-86)32-110-71)55(97)68(111-33)120-63-62(119-67-53(95)51(93)49(91)43(26-83)114-67)57(115-46(89)14-11-35-21-40(105-8)59(107-10)41(22-35)106-9)34(2)112-69(63)121-73(102)78-18-17-74(3,4)23-37(78)36-12-13-44-75(5)24-38(87)47(60-52(94)50(92)48(90)42(25-82)113-60)77(7,72(100)101)45(75)15-16-76(44,6)79(36,28-84)20-19-78/h11-12,14,21-22,33-34,37-39,42-45,47-58,60-71,82-88,90-99,103-104H,13,15-20,23-32H2,1-10H3,(H,100,101)/b14-11+/t33-,34+,37-,38-,39+,42+,43+,44+,45+,47+,48+,49-,50-,51-,52+,53+,54+,55+,56-,57-,58-,60-,61-,62-,63+,64-,65-,66-,67-,68-,69-,70-,71-,75+,76+,77-,78-,79-,80+,81+/m0/s1. The number of carbonyl (C=O) groups excluding carboxylic acids is 2. The second kappa shape index (κ2) is 35.7. The normalized spacial score (nSPS) is 49.1. The molecule has 0 radical (unpaired) electrons. The number of esters is 2. The molecule has 12 aliphatic rings. The van der Waals surface area contributed by atoms with Gasteiger partial charge < -0.3 is 183 Å². The first kappa shape index (κ1) is 93.9. The Labute approximate surface area is 697 Å². The maximum atomic E-state index is 16.7. The van der Waals surface area contributed by atoms with Crippen molar-refractivity contribution in [3.63, 3.8) is 0 Å². The third-order valence-corrected chi connectivity index (χ3v) is 29.4. The fourth-order valence-electron chi connectivity index (χ4n) is 22.4. The summed E-state index contributed by atoms with van der Waals surface area (Å²) in [6.07, 6.45) is -49.0. The van der Waals surface area contributed by atoms with Crippen molar-refractivity contribution in [1.82, 2.24) is 0 Å². The van der Waals surface area contributed by atoms with E-state index in [0.717, 1.165) is 11.6 Å². The molecule has 0 spiro atoms. The number of hydrogen-bond acceptors (Lipinski definition) is 39. The number of carboxylic acid groups (broad SMARTS) is 1. The molecule has 0 amide bonds. The molecule has 5 aliphatic carbocycles. The molecule has 11 fully saturated rings.